The molecule has 7 nitrogen and oxygen atoms in total. The molecule has 148 valence electrons. The van der Waals surface area contributed by atoms with Crippen LogP contribution in [0, 0.1) is 6.92 Å². The summed E-state index contributed by atoms with van der Waals surface area (Å²) in [6.45, 7) is 1.87. The third kappa shape index (κ3) is 3.88. The number of benzene rings is 2. The predicted molar refractivity (Wildman–Crippen MR) is 116 cm³/mol. The van der Waals surface area contributed by atoms with E-state index in [2.05, 4.69) is 15.0 Å². The van der Waals surface area contributed by atoms with Crippen molar-refractivity contribution in [2.45, 2.75) is 6.92 Å². The molecule has 0 bridgehead atoms. The smallest absolute Gasteiger partial charge is 0.272 e. The summed E-state index contributed by atoms with van der Waals surface area (Å²) in [5.41, 5.74) is 4.86. The third-order valence-corrected chi connectivity index (χ3v) is 5.14. The van der Waals surface area contributed by atoms with Crippen LogP contribution in [0.2, 0.25) is 0 Å². The molecule has 2 heterocycles. The zero-order chi connectivity index (χ0) is 20.6. The molecule has 0 fully saturated rings. The summed E-state index contributed by atoms with van der Waals surface area (Å²) in [5.74, 6) is 0. The minimum atomic E-state index is -3.42. The topological polar surface area (TPSA) is 95.5 Å². The molecule has 4 aromatic rings. The summed E-state index contributed by atoms with van der Waals surface area (Å²) < 4.78 is 27.7. The summed E-state index contributed by atoms with van der Waals surface area (Å²) >= 11 is 0. The third-order valence-electron chi connectivity index (χ3n) is 4.53. The number of fused-ring (bicyclic) bond motifs is 1. The van der Waals surface area contributed by atoms with Gasteiger partial charge in [0.2, 0.25) is 10.0 Å². The van der Waals surface area contributed by atoms with Crippen LogP contribution in [0.15, 0.2) is 71.8 Å². The summed E-state index contributed by atoms with van der Waals surface area (Å²) in [5, 5.41) is 3.37. The maximum Gasteiger partial charge on any atom is 0.272 e. The normalized spacial score (nSPS) is 11.5. The molecular weight excluding hydrogens is 388 g/mol. The highest BCUT2D eigenvalue weighted by molar-refractivity contribution is 7.92. The minimum absolute atomic E-state index is 0.181. The van der Waals surface area contributed by atoms with E-state index in [-0.39, 0.29) is 5.56 Å². The predicted octanol–water partition coefficient (Wildman–Crippen LogP) is 3.72. The lowest BCUT2D eigenvalue weighted by molar-refractivity contribution is 0.607. The number of H-pyrrole nitrogens is 1. The first-order valence-electron chi connectivity index (χ1n) is 8.95. The number of aryl methyl sites for hydroxylation is 1. The van der Waals surface area contributed by atoms with Crippen LogP contribution in [0.3, 0.4) is 0 Å². The Morgan fingerprint density at radius 3 is 2.48 bits per heavy atom. The van der Waals surface area contributed by atoms with Crippen LogP contribution in [-0.2, 0) is 10.0 Å². The first-order valence-corrected chi connectivity index (χ1v) is 10.8. The number of hydrogen-bond acceptors (Lipinski definition) is 4. The number of hydrogen-bond donors (Lipinski definition) is 3. The van der Waals surface area contributed by atoms with E-state index < -0.39 is 10.0 Å². The molecule has 29 heavy (non-hydrogen) atoms. The van der Waals surface area contributed by atoms with Crippen molar-refractivity contribution in [2.24, 2.45) is 0 Å². The van der Waals surface area contributed by atoms with Crippen molar-refractivity contribution in [1.29, 1.82) is 0 Å². The number of rotatable bonds is 5. The molecule has 2 aromatic heterocycles. The van der Waals surface area contributed by atoms with E-state index in [1.54, 1.807) is 24.5 Å². The molecule has 4 rings (SSSR count). The fourth-order valence-electron chi connectivity index (χ4n) is 3.38. The number of sulfonamides is 1. The van der Waals surface area contributed by atoms with Gasteiger partial charge in [-0.2, -0.15) is 0 Å². The molecule has 2 aromatic carbocycles. The number of anilines is 3. The second kappa shape index (κ2) is 7.14. The standard InChI is InChI=1S/C21H20N4O3S/c1-14-12-19(25-11-10-22-21(26)20(14)25)17-13-16(24-29(2,27)28)8-9-18(17)23-15-6-4-3-5-7-15/h3-13,23-24H,1-2H3,(H,22,26). The number of aromatic nitrogens is 2. The molecular formula is C21H20N4O3S. The zero-order valence-electron chi connectivity index (χ0n) is 15.9. The van der Waals surface area contributed by atoms with Crippen molar-refractivity contribution in [3.8, 4) is 11.3 Å². The van der Waals surface area contributed by atoms with Crippen LogP contribution in [0.5, 0.6) is 0 Å². The molecule has 0 saturated carbocycles. The Morgan fingerprint density at radius 2 is 1.76 bits per heavy atom. The lowest BCUT2D eigenvalue weighted by Crippen LogP contribution is -2.10. The van der Waals surface area contributed by atoms with E-state index in [0.29, 0.717) is 11.2 Å². The Labute approximate surface area is 168 Å². The molecule has 0 aliphatic rings. The van der Waals surface area contributed by atoms with Crippen molar-refractivity contribution >= 4 is 32.6 Å². The molecule has 0 spiro atoms. The zero-order valence-corrected chi connectivity index (χ0v) is 16.7. The Balaban J connectivity index is 1.93. The highest BCUT2D eigenvalue weighted by Crippen LogP contribution is 2.35. The molecule has 0 amide bonds. The Morgan fingerprint density at radius 1 is 1.00 bits per heavy atom. The lowest BCUT2D eigenvalue weighted by Gasteiger charge is -2.15. The van der Waals surface area contributed by atoms with E-state index in [1.807, 2.05) is 53.8 Å². The van der Waals surface area contributed by atoms with E-state index in [4.69, 9.17) is 0 Å². The summed E-state index contributed by atoms with van der Waals surface area (Å²) in [7, 11) is -3.42. The van der Waals surface area contributed by atoms with E-state index in [1.165, 1.54) is 0 Å². The van der Waals surface area contributed by atoms with Gasteiger partial charge in [-0.05, 0) is 48.9 Å². The first kappa shape index (κ1) is 18.8. The summed E-state index contributed by atoms with van der Waals surface area (Å²) in [4.78, 5) is 15.0. The molecule has 0 unspecified atom stereocenters. The average molecular weight is 408 g/mol. The SMILES string of the molecule is Cc1cc(-c2cc(NS(C)(=O)=O)ccc2Nc2ccccc2)n2cc[nH]c(=O)c12. The molecule has 8 heteroatoms. The number of para-hydroxylation sites is 1. The van der Waals surface area contributed by atoms with Crippen molar-refractivity contribution in [2.75, 3.05) is 16.3 Å². The van der Waals surface area contributed by atoms with Gasteiger partial charge >= 0.3 is 0 Å². The lowest BCUT2D eigenvalue weighted by atomic mass is 10.1. The van der Waals surface area contributed by atoms with Gasteiger partial charge in [-0.15, -0.1) is 0 Å². The van der Waals surface area contributed by atoms with Crippen LogP contribution in [0.25, 0.3) is 16.8 Å². The second-order valence-corrected chi connectivity index (χ2v) is 8.59. The van der Waals surface area contributed by atoms with Crippen LogP contribution in [0.4, 0.5) is 17.1 Å². The summed E-state index contributed by atoms with van der Waals surface area (Å²) in [6, 6.07) is 16.9. The van der Waals surface area contributed by atoms with Crippen molar-refractivity contribution in [1.82, 2.24) is 9.38 Å². The van der Waals surface area contributed by atoms with Gasteiger partial charge in [0.05, 0.1) is 11.9 Å². The van der Waals surface area contributed by atoms with Gasteiger partial charge < -0.3 is 14.7 Å². The minimum Gasteiger partial charge on any atom is -0.355 e. The fraction of sp³-hybridized carbons (Fsp3) is 0.0952. The number of nitrogens with zero attached hydrogens (tertiary/aromatic N) is 1. The van der Waals surface area contributed by atoms with E-state index in [0.717, 1.165) is 34.5 Å². The maximum absolute atomic E-state index is 12.3. The molecule has 0 aliphatic carbocycles. The van der Waals surface area contributed by atoms with Gasteiger partial charge in [-0.3, -0.25) is 9.52 Å². The van der Waals surface area contributed by atoms with Crippen molar-refractivity contribution in [3.63, 3.8) is 0 Å². The van der Waals surface area contributed by atoms with E-state index >= 15 is 0 Å². The van der Waals surface area contributed by atoms with Gasteiger partial charge in [0.25, 0.3) is 5.56 Å². The quantitative estimate of drug-likeness (QED) is 0.469. The van der Waals surface area contributed by atoms with Crippen LogP contribution in [0.1, 0.15) is 5.56 Å². The van der Waals surface area contributed by atoms with Gasteiger partial charge in [0, 0.05) is 35.0 Å². The highest BCUT2D eigenvalue weighted by atomic mass is 32.2. The van der Waals surface area contributed by atoms with Gasteiger partial charge in [0.15, 0.2) is 0 Å². The number of aromatic amines is 1. The molecule has 3 N–H and O–H groups in total. The maximum atomic E-state index is 12.3. The molecule has 0 atom stereocenters. The Kier molecular flexibility index (Phi) is 4.63. The number of nitrogens with one attached hydrogen (secondary N) is 3. The average Bonchev–Trinajstić information content (AvgIpc) is 3.00. The monoisotopic (exact) mass is 408 g/mol. The van der Waals surface area contributed by atoms with Crippen LogP contribution < -0.4 is 15.6 Å². The summed E-state index contributed by atoms with van der Waals surface area (Å²) in [6.07, 6.45) is 4.47. The largest absolute Gasteiger partial charge is 0.355 e. The fourth-order valence-corrected chi connectivity index (χ4v) is 3.93. The highest BCUT2D eigenvalue weighted by Gasteiger charge is 2.15. The van der Waals surface area contributed by atoms with Crippen molar-refractivity contribution in [3.05, 3.63) is 82.9 Å². The first-order chi connectivity index (χ1) is 13.8. The van der Waals surface area contributed by atoms with Gasteiger partial charge in [-0.1, -0.05) is 18.2 Å². The Bertz CT molecular complexity index is 1360. The van der Waals surface area contributed by atoms with Crippen LogP contribution in [-0.4, -0.2) is 24.1 Å². The van der Waals surface area contributed by atoms with Crippen LogP contribution >= 0.6 is 0 Å². The molecule has 0 radical (unpaired) electrons. The Hall–Kier alpha value is -3.52. The second-order valence-electron chi connectivity index (χ2n) is 6.85. The molecule has 0 saturated heterocycles. The van der Waals surface area contributed by atoms with E-state index in [9.17, 15) is 13.2 Å². The van der Waals surface area contributed by atoms with Gasteiger partial charge in [-0.25, -0.2) is 8.42 Å². The molecule has 0 aliphatic heterocycles. The van der Waals surface area contributed by atoms with Crippen molar-refractivity contribution < 1.29 is 8.42 Å². The van der Waals surface area contributed by atoms with Gasteiger partial charge in [0.1, 0.15) is 5.52 Å².